The monoisotopic (exact) mass is 467 g/mol. The molecule has 0 bridgehead atoms. The van der Waals surface area contributed by atoms with Gasteiger partial charge >= 0.3 is 0 Å². The Hall–Kier alpha value is -3.84. The molecular formula is C27H25N5OS. The van der Waals surface area contributed by atoms with Crippen molar-refractivity contribution in [2.24, 2.45) is 5.10 Å². The fraction of sp³-hybridized carbons (Fsp3) is 0.185. The Kier molecular flexibility index (Phi) is 6.44. The second kappa shape index (κ2) is 9.97. The van der Waals surface area contributed by atoms with Crippen molar-refractivity contribution in [1.29, 1.82) is 0 Å². The van der Waals surface area contributed by atoms with Crippen LogP contribution in [0.1, 0.15) is 29.2 Å². The molecule has 3 aromatic carbocycles. The molecule has 1 N–H and O–H groups in total. The van der Waals surface area contributed by atoms with E-state index in [-0.39, 0.29) is 6.04 Å². The Bertz CT molecular complexity index is 1320. The van der Waals surface area contributed by atoms with Crippen LogP contribution in [0.5, 0.6) is 5.75 Å². The molecule has 0 saturated carbocycles. The van der Waals surface area contributed by atoms with Gasteiger partial charge in [0.05, 0.1) is 29.9 Å². The van der Waals surface area contributed by atoms with Gasteiger partial charge in [0.1, 0.15) is 5.75 Å². The van der Waals surface area contributed by atoms with E-state index in [0.29, 0.717) is 11.5 Å². The van der Waals surface area contributed by atoms with Crippen LogP contribution in [0.25, 0.3) is 11.0 Å². The van der Waals surface area contributed by atoms with Crippen molar-refractivity contribution in [1.82, 2.24) is 20.3 Å². The maximum atomic E-state index is 5.82. The molecule has 0 spiro atoms. The lowest BCUT2D eigenvalue weighted by atomic mass is 9.97. The summed E-state index contributed by atoms with van der Waals surface area (Å²) in [4.78, 5) is 9.10. The first kappa shape index (κ1) is 22.0. The molecule has 0 radical (unpaired) electrons. The number of hydrogen-bond acceptors (Lipinski definition) is 5. The normalized spacial score (nSPS) is 15.3. The molecule has 1 aliphatic heterocycles. The fourth-order valence-electron chi connectivity index (χ4n) is 4.22. The van der Waals surface area contributed by atoms with Crippen LogP contribution in [0.2, 0.25) is 0 Å². The van der Waals surface area contributed by atoms with E-state index in [2.05, 4.69) is 45.6 Å². The maximum absolute atomic E-state index is 5.82. The smallest absolute Gasteiger partial charge is 0.190 e. The SMILES string of the molecule is COc1ccc(C2=NN(C(=S)NCCc3ccccc3)C(c3cccc4nccnc34)C2)cc1. The van der Waals surface area contributed by atoms with Gasteiger partial charge in [-0.2, -0.15) is 5.10 Å². The highest BCUT2D eigenvalue weighted by atomic mass is 32.1. The van der Waals surface area contributed by atoms with Crippen molar-refractivity contribution >= 4 is 34.1 Å². The summed E-state index contributed by atoms with van der Waals surface area (Å²) < 4.78 is 5.31. The van der Waals surface area contributed by atoms with Crippen LogP contribution in [0.4, 0.5) is 0 Å². The molecule has 5 rings (SSSR count). The number of rotatable bonds is 6. The highest BCUT2D eigenvalue weighted by molar-refractivity contribution is 7.80. The van der Waals surface area contributed by atoms with E-state index in [4.69, 9.17) is 22.1 Å². The lowest BCUT2D eigenvalue weighted by Crippen LogP contribution is -2.37. The number of nitrogens with one attached hydrogen (secondary N) is 1. The van der Waals surface area contributed by atoms with Gasteiger partial charge in [0.15, 0.2) is 5.11 Å². The first-order valence-electron chi connectivity index (χ1n) is 11.3. The molecule has 7 heteroatoms. The van der Waals surface area contributed by atoms with Gasteiger partial charge in [-0.15, -0.1) is 0 Å². The van der Waals surface area contributed by atoms with E-state index in [1.807, 2.05) is 47.5 Å². The van der Waals surface area contributed by atoms with Gasteiger partial charge in [-0.1, -0.05) is 42.5 Å². The molecule has 1 unspecified atom stereocenters. The fourth-order valence-corrected chi connectivity index (χ4v) is 4.49. The molecule has 34 heavy (non-hydrogen) atoms. The Balaban J connectivity index is 1.43. The maximum Gasteiger partial charge on any atom is 0.190 e. The van der Waals surface area contributed by atoms with Crippen LogP contribution in [0.15, 0.2) is 90.3 Å². The van der Waals surface area contributed by atoms with E-state index in [9.17, 15) is 0 Å². The van der Waals surface area contributed by atoms with Crippen LogP contribution >= 0.6 is 12.2 Å². The van der Waals surface area contributed by atoms with E-state index in [0.717, 1.165) is 46.6 Å². The number of benzene rings is 3. The molecule has 2 heterocycles. The van der Waals surface area contributed by atoms with Crippen LogP contribution in [-0.4, -0.2) is 39.5 Å². The molecule has 1 aliphatic rings. The Morgan fingerprint density at radius 2 is 1.79 bits per heavy atom. The predicted molar refractivity (Wildman–Crippen MR) is 139 cm³/mol. The highest BCUT2D eigenvalue weighted by Gasteiger charge is 2.32. The zero-order chi connectivity index (χ0) is 23.3. The molecule has 1 atom stereocenters. The number of nitrogens with zero attached hydrogens (tertiary/aromatic N) is 4. The summed E-state index contributed by atoms with van der Waals surface area (Å²) in [6.45, 7) is 0.731. The van der Waals surface area contributed by atoms with Crippen LogP contribution in [0.3, 0.4) is 0 Å². The number of fused-ring (bicyclic) bond motifs is 1. The first-order valence-corrected chi connectivity index (χ1v) is 11.7. The third-order valence-electron chi connectivity index (χ3n) is 5.96. The molecule has 170 valence electrons. The van der Waals surface area contributed by atoms with Crippen molar-refractivity contribution in [2.75, 3.05) is 13.7 Å². The lowest BCUT2D eigenvalue weighted by Gasteiger charge is -2.25. The Morgan fingerprint density at radius 3 is 2.59 bits per heavy atom. The second-order valence-electron chi connectivity index (χ2n) is 8.08. The second-order valence-corrected chi connectivity index (χ2v) is 8.47. The lowest BCUT2D eigenvalue weighted by molar-refractivity contribution is 0.366. The van der Waals surface area contributed by atoms with Crippen molar-refractivity contribution in [3.63, 3.8) is 0 Å². The number of hydrogen-bond donors (Lipinski definition) is 1. The van der Waals surface area contributed by atoms with Gasteiger partial charge < -0.3 is 10.1 Å². The first-order chi connectivity index (χ1) is 16.7. The quantitative estimate of drug-likeness (QED) is 0.407. The summed E-state index contributed by atoms with van der Waals surface area (Å²) in [6.07, 6.45) is 5.04. The standard InChI is InChI=1S/C27H25N5OS/c1-33-21-12-10-20(11-13-21)24-18-25(22-8-5-9-23-26(22)29-17-16-28-23)32(31-24)27(34)30-15-14-19-6-3-2-4-7-19/h2-13,16-17,25H,14-15,18H2,1H3,(H,30,34). The molecule has 0 aliphatic carbocycles. The Morgan fingerprint density at radius 1 is 1.00 bits per heavy atom. The van der Waals surface area contributed by atoms with Gasteiger partial charge in [0.25, 0.3) is 0 Å². The predicted octanol–water partition coefficient (Wildman–Crippen LogP) is 4.91. The van der Waals surface area contributed by atoms with E-state index in [1.165, 1.54) is 5.56 Å². The van der Waals surface area contributed by atoms with Crippen LogP contribution in [-0.2, 0) is 6.42 Å². The molecule has 6 nitrogen and oxygen atoms in total. The van der Waals surface area contributed by atoms with Crippen molar-refractivity contribution in [3.05, 3.63) is 102 Å². The number of thiocarbonyl (C=S) groups is 1. The topological polar surface area (TPSA) is 62.6 Å². The van der Waals surface area contributed by atoms with E-state index >= 15 is 0 Å². The number of hydrazone groups is 1. The van der Waals surface area contributed by atoms with Gasteiger partial charge in [0.2, 0.25) is 0 Å². The molecule has 0 saturated heterocycles. The van der Waals surface area contributed by atoms with Gasteiger partial charge in [-0.25, -0.2) is 5.01 Å². The van der Waals surface area contributed by atoms with Gasteiger partial charge in [-0.05, 0) is 60.1 Å². The molecule has 4 aromatic rings. The van der Waals surface area contributed by atoms with Gasteiger partial charge in [0, 0.05) is 30.9 Å². The Labute approximate surface area is 204 Å². The third kappa shape index (κ3) is 4.61. The highest BCUT2D eigenvalue weighted by Crippen LogP contribution is 2.35. The molecular weight excluding hydrogens is 442 g/mol. The van der Waals surface area contributed by atoms with Crippen molar-refractivity contribution in [3.8, 4) is 5.75 Å². The summed E-state index contributed by atoms with van der Waals surface area (Å²) in [6, 6.07) is 24.4. The molecule has 0 amide bonds. The zero-order valence-electron chi connectivity index (χ0n) is 18.9. The summed E-state index contributed by atoms with van der Waals surface area (Å²) in [5, 5.41) is 10.9. The number of ether oxygens (including phenoxy) is 1. The molecule has 1 aromatic heterocycles. The number of aromatic nitrogens is 2. The van der Waals surface area contributed by atoms with Crippen molar-refractivity contribution in [2.45, 2.75) is 18.9 Å². The number of methoxy groups -OCH3 is 1. The summed E-state index contributed by atoms with van der Waals surface area (Å²) in [7, 11) is 1.67. The zero-order valence-corrected chi connectivity index (χ0v) is 19.7. The van der Waals surface area contributed by atoms with E-state index in [1.54, 1.807) is 19.5 Å². The summed E-state index contributed by atoms with van der Waals surface area (Å²) >= 11 is 5.82. The average Bonchev–Trinajstić information content (AvgIpc) is 3.34. The minimum atomic E-state index is -0.0748. The third-order valence-corrected chi connectivity index (χ3v) is 6.29. The van der Waals surface area contributed by atoms with Crippen molar-refractivity contribution < 1.29 is 4.74 Å². The largest absolute Gasteiger partial charge is 0.497 e. The molecule has 0 fully saturated rings. The van der Waals surface area contributed by atoms with Crippen LogP contribution < -0.4 is 10.1 Å². The minimum absolute atomic E-state index is 0.0748. The van der Waals surface area contributed by atoms with E-state index < -0.39 is 0 Å². The minimum Gasteiger partial charge on any atom is -0.497 e. The van der Waals surface area contributed by atoms with Gasteiger partial charge in [-0.3, -0.25) is 9.97 Å². The summed E-state index contributed by atoms with van der Waals surface area (Å²) in [5.74, 6) is 0.818. The summed E-state index contributed by atoms with van der Waals surface area (Å²) in [5.41, 5.74) is 6.08. The number of para-hydroxylation sites is 1. The van der Waals surface area contributed by atoms with Crippen LogP contribution in [0, 0.1) is 0 Å². The average molecular weight is 468 g/mol.